The zero-order valence-corrected chi connectivity index (χ0v) is 15.4. The lowest BCUT2D eigenvalue weighted by Crippen LogP contribution is -2.52. The van der Waals surface area contributed by atoms with Crippen LogP contribution in [0.1, 0.15) is 33.1 Å². The van der Waals surface area contributed by atoms with Gasteiger partial charge in [0.05, 0.1) is 12.1 Å². The average Bonchev–Trinajstić information content (AvgIpc) is 2.60. The maximum absolute atomic E-state index is 5.54. The summed E-state index contributed by atoms with van der Waals surface area (Å²) < 4.78 is 5.54. The van der Waals surface area contributed by atoms with Crippen LogP contribution in [-0.4, -0.2) is 43.8 Å². The van der Waals surface area contributed by atoms with Crippen LogP contribution in [0.2, 0.25) is 0 Å². The van der Waals surface area contributed by atoms with Crippen LogP contribution >= 0.6 is 0 Å². The minimum atomic E-state index is 0.0580. The van der Waals surface area contributed by atoms with E-state index in [1.807, 2.05) is 0 Å². The summed E-state index contributed by atoms with van der Waals surface area (Å²) >= 11 is 0. The van der Waals surface area contributed by atoms with Gasteiger partial charge in [0, 0.05) is 32.4 Å². The van der Waals surface area contributed by atoms with Gasteiger partial charge < -0.3 is 15.0 Å². The number of methoxy groups -OCH3 is 1. The highest BCUT2D eigenvalue weighted by Gasteiger charge is 2.34. The third kappa shape index (κ3) is 5.81. The second-order valence-electron chi connectivity index (χ2n) is 6.83. The lowest BCUT2D eigenvalue weighted by molar-refractivity contribution is 0.0891. The van der Waals surface area contributed by atoms with E-state index in [4.69, 9.17) is 4.74 Å². The lowest BCUT2D eigenvalue weighted by Gasteiger charge is -2.42. The Labute approximate surface area is 147 Å². The quantitative estimate of drug-likeness (QED) is 0.712. The highest BCUT2D eigenvalue weighted by atomic mass is 16.5. The fourth-order valence-corrected chi connectivity index (χ4v) is 3.29. The maximum atomic E-state index is 5.54. The zero-order valence-electron chi connectivity index (χ0n) is 15.4. The molecule has 3 heteroatoms. The summed E-state index contributed by atoms with van der Waals surface area (Å²) in [6.07, 6.45) is 9.81. The molecule has 1 aromatic carbocycles. The average molecular weight is 329 g/mol. The van der Waals surface area contributed by atoms with Crippen LogP contribution in [0.15, 0.2) is 54.1 Å². The molecule has 0 amide bonds. The predicted octanol–water partition coefficient (Wildman–Crippen LogP) is 4.49. The Kier molecular flexibility index (Phi) is 7.54. The first kappa shape index (κ1) is 18.8. The molecule has 0 radical (unpaired) electrons. The normalized spacial score (nSPS) is 18.9. The van der Waals surface area contributed by atoms with Crippen molar-refractivity contribution in [3.05, 3.63) is 54.1 Å². The SMILES string of the molecule is C/C=C\C=C(/C)CCN1CCC(COC)(Nc2ccccc2)CC1. The molecule has 1 fully saturated rings. The van der Waals surface area contributed by atoms with Crippen molar-refractivity contribution in [1.29, 1.82) is 0 Å². The van der Waals surface area contributed by atoms with Gasteiger partial charge in [-0.05, 0) is 45.2 Å². The largest absolute Gasteiger partial charge is 0.382 e. The smallest absolute Gasteiger partial charge is 0.0693 e. The molecule has 0 bridgehead atoms. The van der Waals surface area contributed by atoms with Crippen molar-refractivity contribution in [2.75, 3.05) is 38.7 Å². The van der Waals surface area contributed by atoms with E-state index >= 15 is 0 Å². The van der Waals surface area contributed by atoms with Gasteiger partial charge in [-0.25, -0.2) is 0 Å². The molecule has 1 aliphatic heterocycles. The van der Waals surface area contributed by atoms with Gasteiger partial charge in [0.2, 0.25) is 0 Å². The molecule has 3 nitrogen and oxygen atoms in total. The zero-order chi connectivity index (χ0) is 17.3. The fourth-order valence-electron chi connectivity index (χ4n) is 3.29. The number of para-hydroxylation sites is 1. The standard InChI is InChI=1S/C21H32N2O/c1-4-5-9-19(2)12-15-23-16-13-21(14-17-23,18-24-3)22-20-10-7-6-8-11-20/h4-11,22H,12-18H2,1-3H3/b5-4-,19-9+. The number of hydrogen-bond donors (Lipinski definition) is 1. The van der Waals surface area contributed by atoms with Gasteiger partial charge in [0.1, 0.15) is 0 Å². The Hall–Kier alpha value is -1.58. The molecule has 0 saturated carbocycles. The number of hydrogen-bond acceptors (Lipinski definition) is 3. The van der Waals surface area contributed by atoms with Crippen molar-refractivity contribution >= 4 is 5.69 Å². The Bertz CT molecular complexity index is 528. The number of ether oxygens (including phenoxy) is 1. The molecule has 0 aliphatic carbocycles. The van der Waals surface area contributed by atoms with Crippen molar-refractivity contribution in [2.24, 2.45) is 0 Å². The van der Waals surface area contributed by atoms with Crippen LogP contribution in [0.4, 0.5) is 5.69 Å². The Morgan fingerprint density at radius 3 is 2.58 bits per heavy atom. The van der Waals surface area contributed by atoms with Crippen LogP contribution in [-0.2, 0) is 4.74 Å². The molecule has 1 aromatic rings. The molecule has 1 N–H and O–H groups in total. The highest BCUT2D eigenvalue weighted by Crippen LogP contribution is 2.27. The van der Waals surface area contributed by atoms with Crippen LogP contribution in [0.3, 0.4) is 0 Å². The van der Waals surface area contributed by atoms with E-state index in [1.54, 1.807) is 7.11 Å². The van der Waals surface area contributed by atoms with E-state index in [0.717, 1.165) is 45.5 Å². The minimum absolute atomic E-state index is 0.0580. The van der Waals surface area contributed by atoms with Gasteiger partial charge in [0.25, 0.3) is 0 Å². The van der Waals surface area contributed by atoms with Crippen molar-refractivity contribution in [3.8, 4) is 0 Å². The second-order valence-corrected chi connectivity index (χ2v) is 6.83. The molecule has 1 saturated heterocycles. The predicted molar refractivity (Wildman–Crippen MR) is 104 cm³/mol. The summed E-state index contributed by atoms with van der Waals surface area (Å²) in [5.74, 6) is 0. The molecular formula is C21H32N2O. The van der Waals surface area contributed by atoms with Crippen molar-refractivity contribution in [1.82, 2.24) is 4.90 Å². The summed E-state index contributed by atoms with van der Waals surface area (Å²) in [5, 5.41) is 3.74. The third-order valence-corrected chi connectivity index (χ3v) is 4.81. The Balaban J connectivity index is 1.87. The molecule has 2 rings (SSSR count). The van der Waals surface area contributed by atoms with Crippen LogP contribution in [0.25, 0.3) is 0 Å². The lowest BCUT2D eigenvalue weighted by atomic mass is 9.87. The first-order valence-electron chi connectivity index (χ1n) is 9.00. The van der Waals surface area contributed by atoms with Crippen molar-refractivity contribution in [2.45, 2.75) is 38.6 Å². The van der Waals surface area contributed by atoms with Gasteiger partial charge in [-0.2, -0.15) is 0 Å². The number of benzene rings is 1. The van der Waals surface area contributed by atoms with Crippen molar-refractivity contribution in [3.63, 3.8) is 0 Å². The Morgan fingerprint density at radius 1 is 1.25 bits per heavy atom. The number of nitrogens with one attached hydrogen (secondary N) is 1. The molecule has 1 heterocycles. The molecule has 0 aromatic heterocycles. The molecule has 24 heavy (non-hydrogen) atoms. The molecule has 132 valence electrons. The first-order chi connectivity index (χ1) is 11.7. The minimum Gasteiger partial charge on any atom is -0.382 e. The van der Waals surface area contributed by atoms with Gasteiger partial charge in [-0.15, -0.1) is 0 Å². The summed E-state index contributed by atoms with van der Waals surface area (Å²) in [5.41, 5.74) is 2.69. The summed E-state index contributed by atoms with van der Waals surface area (Å²) in [4.78, 5) is 2.58. The number of allylic oxidation sites excluding steroid dienone is 3. The number of piperidine rings is 1. The van der Waals surface area contributed by atoms with E-state index in [0.29, 0.717) is 0 Å². The van der Waals surface area contributed by atoms with Crippen molar-refractivity contribution < 1.29 is 4.74 Å². The van der Waals surface area contributed by atoms with Gasteiger partial charge in [-0.1, -0.05) is 42.0 Å². The summed E-state index contributed by atoms with van der Waals surface area (Å²) in [6, 6.07) is 10.5. The Morgan fingerprint density at radius 2 is 1.96 bits per heavy atom. The topological polar surface area (TPSA) is 24.5 Å². The monoisotopic (exact) mass is 328 g/mol. The van der Waals surface area contributed by atoms with E-state index in [-0.39, 0.29) is 5.54 Å². The second kappa shape index (κ2) is 9.65. The van der Waals surface area contributed by atoms with Crippen LogP contribution < -0.4 is 5.32 Å². The molecular weight excluding hydrogens is 296 g/mol. The first-order valence-corrected chi connectivity index (χ1v) is 9.00. The summed E-state index contributed by atoms with van der Waals surface area (Å²) in [6.45, 7) is 8.43. The van der Waals surface area contributed by atoms with E-state index in [9.17, 15) is 0 Å². The number of rotatable bonds is 8. The maximum Gasteiger partial charge on any atom is 0.0693 e. The molecule has 0 unspecified atom stereocenters. The van der Waals surface area contributed by atoms with Gasteiger partial charge >= 0.3 is 0 Å². The van der Waals surface area contributed by atoms with E-state index < -0.39 is 0 Å². The van der Waals surface area contributed by atoms with Crippen LogP contribution in [0.5, 0.6) is 0 Å². The molecule has 0 atom stereocenters. The molecule has 1 aliphatic rings. The molecule has 0 spiro atoms. The third-order valence-electron chi connectivity index (χ3n) is 4.81. The fraction of sp³-hybridized carbons (Fsp3) is 0.524. The summed E-state index contributed by atoms with van der Waals surface area (Å²) in [7, 11) is 1.80. The number of anilines is 1. The number of likely N-dealkylation sites (tertiary alicyclic amines) is 1. The highest BCUT2D eigenvalue weighted by molar-refractivity contribution is 5.45. The van der Waals surface area contributed by atoms with E-state index in [2.05, 4.69) is 72.6 Å². The number of nitrogens with zero attached hydrogens (tertiary/aromatic N) is 1. The van der Waals surface area contributed by atoms with Gasteiger partial charge in [-0.3, -0.25) is 0 Å². The van der Waals surface area contributed by atoms with Gasteiger partial charge in [0.15, 0.2) is 0 Å². The van der Waals surface area contributed by atoms with E-state index in [1.165, 1.54) is 11.3 Å². The van der Waals surface area contributed by atoms with Crippen LogP contribution in [0, 0.1) is 0 Å².